The number of carbonyl (C=O) groups excluding carboxylic acids is 1. The number of anilines is 1. The van der Waals surface area contributed by atoms with E-state index < -0.39 is 5.97 Å². The summed E-state index contributed by atoms with van der Waals surface area (Å²) >= 11 is 0.953. The van der Waals surface area contributed by atoms with Crippen LogP contribution in [-0.2, 0) is 11.8 Å². The number of carboxylic acid groups (broad SMARTS) is 1. The quantitative estimate of drug-likeness (QED) is 0.527. The van der Waals surface area contributed by atoms with Gasteiger partial charge < -0.3 is 20.2 Å². The molecule has 0 atom stereocenters. The van der Waals surface area contributed by atoms with E-state index in [0.29, 0.717) is 11.2 Å². The van der Waals surface area contributed by atoms with Gasteiger partial charge >= 0.3 is 0 Å². The first kappa shape index (κ1) is 10.7. The van der Waals surface area contributed by atoms with Crippen LogP contribution in [0.3, 0.4) is 0 Å². The Morgan fingerprint density at radius 2 is 2.38 bits per heavy atom. The Balaban J connectivity index is 2.38. The third-order valence-corrected chi connectivity index (χ3v) is 2.72. The molecule has 0 radical (unpaired) electrons. The number of nitrogen functional groups attached to an aromatic ring is 1. The number of carbonyl (C=O) groups is 1. The molecular formula is C8H8N5O2S-. The van der Waals surface area contributed by atoms with Crippen LogP contribution in [-0.4, -0.2) is 31.2 Å². The lowest BCUT2D eigenvalue weighted by Crippen LogP contribution is -2.24. The fourth-order valence-corrected chi connectivity index (χ4v) is 1.82. The van der Waals surface area contributed by atoms with Gasteiger partial charge in [0.1, 0.15) is 5.52 Å². The molecule has 0 saturated heterocycles. The lowest BCUT2D eigenvalue weighted by atomic mass is 10.5. The van der Waals surface area contributed by atoms with Crippen molar-refractivity contribution in [2.24, 2.45) is 7.05 Å². The van der Waals surface area contributed by atoms with Crippen LogP contribution in [0, 0.1) is 0 Å². The second-order valence-electron chi connectivity index (χ2n) is 3.08. The van der Waals surface area contributed by atoms with Gasteiger partial charge in [-0.05, 0) is 0 Å². The van der Waals surface area contributed by atoms with Crippen molar-refractivity contribution in [1.29, 1.82) is 0 Å². The Morgan fingerprint density at radius 3 is 3.06 bits per heavy atom. The molecule has 0 aliphatic carbocycles. The summed E-state index contributed by atoms with van der Waals surface area (Å²) in [6, 6.07) is 0. The number of imidazole rings is 1. The minimum atomic E-state index is -1.17. The van der Waals surface area contributed by atoms with Crippen molar-refractivity contribution in [2.75, 3.05) is 11.5 Å². The van der Waals surface area contributed by atoms with Gasteiger partial charge in [0.15, 0.2) is 16.6 Å². The molecule has 2 aromatic rings. The Labute approximate surface area is 94.7 Å². The molecule has 2 N–H and O–H groups in total. The van der Waals surface area contributed by atoms with Crippen molar-refractivity contribution in [2.45, 2.75) is 5.16 Å². The minimum absolute atomic E-state index is 0.211. The van der Waals surface area contributed by atoms with E-state index in [-0.39, 0.29) is 16.7 Å². The SMILES string of the molecule is Cn1cnc2nc(SCC(=O)[O-])nc(N)c21. The average molecular weight is 238 g/mol. The molecule has 8 heteroatoms. The Hall–Kier alpha value is -1.83. The second-order valence-corrected chi connectivity index (χ2v) is 4.02. The molecule has 0 spiro atoms. The molecule has 0 fully saturated rings. The normalized spacial score (nSPS) is 10.8. The van der Waals surface area contributed by atoms with Crippen LogP contribution in [0.25, 0.3) is 11.2 Å². The van der Waals surface area contributed by atoms with Gasteiger partial charge in [-0.15, -0.1) is 0 Å². The van der Waals surface area contributed by atoms with Gasteiger partial charge in [0, 0.05) is 12.8 Å². The number of carboxylic acids is 1. The molecule has 2 aromatic heterocycles. The van der Waals surface area contributed by atoms with Crippen molar-refractivity contribution >= 4 is 34.7 Å². The smallest absolute Gasteiger partial charge is 0.192 e. The fraction of sp³-hybridized carbons (Fsp3) is 0.250. The van der Waals surface area contributed by atoms with Crippen LogP contribution in [0.15, 0.2) is 11.5 Å². The van der Waals surface area contributed by atoms with Crippen LogP contribution in [0.5, 0.6) is 0 Å². The van der Waals surface area contributed by atoms with Crippen molar-refractivity contribution < 1.29 is 9.90 Å². The first-order valence-corrected chi connectivity index (χ1v) is 5.33. The molecule has 0 bridgehead atoms. The van der Waals surface area contributed by atoms with Gasteiger partial charge in [0.25, 0.3) is 0 Å². The number of aliphatic carboxylic acids is 1. The summed E-state index contributed by atoms with van der Waals surface area (Å²) < 4.78 is 1.71. The predicted molar refractivity (Wildman–Crippen MR) is 56.4 cm³/mol. The van der Waals surface area contributed by atoms with Gasteiger partial charge in [-0.25, -0.2) is 15.0 Å². The standard InChI is InChI=1S/C8H9N5O2S/c1-13-3-10-7-5(13)6(9)11-8(12-7)16-2-4(14)15/h3H,2H2,1H3,(H,14,15)(H2,9,11,12)/p-1. The number of fused-ring (bicyclic) bond motifs is 1. The molecule has 0 saturated carbocycles. The van der Waals surface area contributed by atoms with Gasteiger partial charge in [0.2, 0.25) is 0 Å². The van der Waals surface area contributed by atoms with Crippen LogP contribution in [0.4, 0.5) is 5.82 Å². The zero-order chi connectivity index (χ0) is 11.7. The number of aryl methyl sites for hydroxylation is 1. The van der Waals surface area contributed by atoms with Crippen molar-refractivity contribution in [3.8, 4) is 0 Å². The van der Waals surface area contributed by atoms with E-state index in [1.54, 1.807) is 17.9 Å². The fourth-order valence-electron chi connectivity index (χ4n) is 1.25. The van der Waals surface area contributed by atoms with Gasteiger partial charge in [-0.2, -0.15) is 0 Å². The highest BCUT2D eigenvalue weighted by atomic mass is 32.2. The lowest BCUT2D eigenvalue weighted by molar-refractivity contribution is -0.301. The number of hydrogen-bond donors (Lipinski definition) is 1. The van der Waals surface area contributed by atoms with Crippen molar-refractivity contribution in [3.05, 3.63) is 6.33 Å². The maximum Gasteiger partial charge on any atom is 0.192 e. The highest BCUT2D eigenvalue weighted by Crippen LogP contribution is 2.20. The van der Waals surface area contributed by atoms with Crippen molar-refractivity contribution in [3.63, 3.8) is 0 Å². The second kappa shape index (κ2) is 3.97. The number of thioether (sulfide) groups is 1. The molecule has 0 aromatic carbocycles. The summed E-state index contributed by atoms with van der Waals surface area (Å²) in [5, 5.41) is 10.6. The summed E-state index contributed by atoms with van der Waals surface area (Å²) in [5.74, 6) is -1.10. The molecular weight excluding hydrogens is 230 g/mol. The molecule has 7 nitrogen and oxygen atoms in total. The Bertz CT molecular complexity index is 553. The number of hydrogen-bond acceptors (Lipinski definition) is 7. The molecule has 0 aliphatic heterocycles. The van der Waals surface area contributed by atoms with Crippen LogP contribution in [0.2, 0.25) is 0 Å². The minimum Gasteiger partial charge on any atom is -0.549 e. The van der Waals surface area contributed by atoms with E-state index in [1.807, 2.05) is 0 Å². The Kier molecular flexibility index (Phi) is 2.65. The monoisotopic (exact) mass is 238 g/mol. The van der Waals surface area contributed by atoms with Gasteiger partial charge in [-0.1, -0.05) is 11.8 Å². The first-order valence-electron chi connectivity index (χ1n) is 4.35. The van der Waals surface area contributed by atoms with Crippen LogP contribution >= 0.6 is 11.8 Å². The topological polar surface area (TPSA) is 110 Å². The molecule has 0 aliphatic rings. The average Bonchev–Trinajstić information content (AvgIpc) is 2.58. The molecule has 2 heterocycles. The number of aromatic nitrogens is 4. The third-order valence-electron chi connectivity index (χ3n) is 1.90. The predicted octanol–water partition coefficient (Wildman–Crippen LogP) is -1.21. The maximum absolute atomic E-state index is 10.3. The molecule has 0 unspecified atom stereocenters. The van der Waals surface area contributed by atoms with Crippen LogP contribution < -0.4 is 10.8 Å². The number of nitrogens with two attached hydrogens (primary N) is 1. The molecule has 2 rings (SSSR count). The van der Waals surface area contributed by atoms with E-state index in [2.05, 4.69) is 15.0 Å². The summed E-state index contributed by atoms with van der Waals surface area (Å²) in [5.41, 5.74) is 6.81. The summed E-state index contributed by atoms with van der Waals surface area (Å²) in [7, 11) is 1.78. The molecule has 84 valence electrons. The highest BCUT2D eigenvalue weighted by molar-refractivity contribution is 7.99. The third kappa shape index (κ3) is 1.91. The zero-order valence-electron chi connectivity index (χ0n) is 8.38. The van der Waals surface area contributed by atoms with Gasteiger partial charge in [0.05, 0.1) is 12.3 Å². The van der Waals surface area contributed by atoms with Crippen molar-refractivity contribution in [1.82, 2.24) is 19.5 Å². The van der Waals surface area contributed by atoms with E-state index in [4.69, 9.17) is 5.73 Å². The van der Waals surface area contributed by atoms with E-state index >= 15 is 0 Å². The largest absolute Gasteiger partial charge is 0.549 e. The molecule has 16 heavy (non-hydrogen) atoms. The summed E-state index contributed by atoms with van der Waals surface area (Å²) in [6.45, 7) is 0. The molecule has 0 amide bonds. The maximum atomic E-state index is 10.3. The van der Waals surface area contributed by atoms with E-state index in [9.17, 15) is 9.90 Å². The first-order chi connectivity index (χ1) is 7.58. The van der Waals surface area contributed by atoms with Gasteiger partial charge in [-0.3, -0.25) is 0 Å². The Morgan fingerprint density at radius 1 is 1.62 bits per heavy atom. The highest BCUT2D eigenvalue weighted by Gasteiger charge is 2.09. The van der Waals surface area contributed by atoms with Crippen LogP contribution in [0.1, 0.15) is 0 Å². The summed E-state index contributed by atoms with van der Waals surface area (Å²) in [6.07, 6.45) is 1.57. The van der Waals surface area contributed by atoms with E-state index in [1.165, 1.54) is 0 Å². The zero-order valence-corrected chi connectivity index (χ0v) is 9.19. The number of rotatable bonds is 3. The summed E-state index contributed by atoms with van der Waals surface area (Å²) in [4.78, 5) is 22.4. The lowest BCUT2D eigenvalue weighted by Gasteiger charge is -2.03. The van der Waals surface area contributed by atoms with E-state index in [0.717, 1.165) is 11.8 Å². The number of nitrogens with zero attached hydrogens (tertiary/aromatic N) is 4.